The van der Waals surface area contributed by atoms with Gasteiger partial charge in [-0.15, -0.1) is 0 Å². The first-order chi connectivity index (χ1) is 9.68. The minimum absolute atomic E-state index is 0.173. The molecule has 0 fully saturated rings. The molecule has 6 heteroatoms. The number of nitrogens with zero attached hydrogens (tertiary/aromatic N) is 2. The van der Waals surface area contributed by atoms with Crippen LogP contribution in [-0.4, -0.2) is 33.5 Å². The highest BCUT2D eigenvalue weighted by Crippen LogP contribution is 2.02. The van der Waals surface area contributed by atoms with Crippen LogP contribution in [-0.2, 0) is 6.42 Å². The van der Waals surface area contributed by atoms with E-state index in [2.05, 4.69) is 15.3 Å². The van der Waals surface area contributed by atoms with Crippen molar-refractivity contribution < 1.29 is 14.7 Å². The number of carboxylic acid groups (broad SMARTS) is 1. The molecular weight excluding hydrogens is 258 g/mol. The van der Waals surface area contributed by atoms with Gasteiger partial charge in [-0.1, -0.05) is 30.3 Å². The van der Waals surface area contributed by atoms with E-state index >= 15 is 0 Å². The van der Waals surface area contributed by atoms with Gasteiger partial charge in [0.05, 0.1) is 0 Å². The zero-order chi connectivity index (χ0) is 14.4. The molecule has 6 nitrogen and oxygen atoms in total. The third-order valence-electron chi connectivity index (χ3n) is 2.66. The van der Waals surface area contributed by atoms with Gasteiger partial charge in [0.15, 0.2) is 11.4 Å². The lowest BCUT2D eigenvalue weighted by atomic mass is 10.1. The van der Waals surface area contributed by atoms with Gasteiger partial charge in [-0.25, -0.2) is 14.8 Å². The number of carboxylic acids is 1. The van der Waals surface area contributed by atoms with Crippen LogP contribution in [0.15, 0.2) is 42.7 Å². The molecule has 0 aliphatic carbocycles. The lowest BCUT2D eigenvalue weighted by molar-refractivity contribution is 0.0683. The molecule has 1 aromatic carbocycles. The van der Waals surface area contributed by atoms with Gasteiger partial charge in [-0.05, 0) is 12.0 Å². The van der Waals surface area contributed by atoms with Crippen molar-refractivity contribution in [2.24, 2.45) is 0 Å². The van der Waals surface area contributed by atoms with Gasteiger partial charge >= 0.3 is 5.97 Å². The van der Waals surface area contributed by atoms with Crippen LogP contribution in [0.25, 0.3) is 0 Å². The number of hydrogen-bond donors (Lipinski definition) is 2. The highest BCUT2D eigenvalue weighted by atomic mass is 16.4. The molecular formula is C14H13N3O3. The fourth-order valence-corrected chi connectivity index (χ4v) is 1.71. The average Bonchev–Trinajstić information content (AvgIpc) is 2.48. The number of benzene rings is 1. The predicted octanol–water partition coefficient (Wildman–Crippen LogP) is 1.15. The van der Waals surface area contributed by atoms with E-state index in [0.717, 1.165) is 5.56 Å². The van der Waals surface area contributed by atoms with Crippen LogP contribution in [0.2, 0.25) is 0 Å². The maximum Gasteiger partial charge on any atom is 0.356 e. The molecule has 0 aliphatic rings. The van der Waals surface area contributed by atoms with Gasteiger partial charge in [-0.3, -0.25) is 4.79 Å². The van der Waals surface area contributed by atoms with Crippen molar-refractivity contribution in [3.05, 3.63) is 59.7 Å². The molecule has 2 N–H and O–H groups in total. The molecule has 102 valence electrons. The summed E-state index contributed by atoms with van der Waals surface area (Å²) in [7, 11) is 0. The summed E-state index contributed by atoms with van der Waals surface area (Å²) in [6, 6.07) is 9.67. The van der Waals surface area contributed by atoms with Crippen molar-refractivity contribution in [2.45, 2.75) is 6.42 Å². The van der Waals surface area contributed by atoms with Crippen molar-refractivity contribution >= 4 is 11.9 Å². The number of hydrogen-bond acceptors (Lipinski definition) is 4. The number of aromatic nitrogens is 2. The molecule has 0 atom stereocenters. The smallest absolute Gasteiger partial charge is 0.356 e. The Labute approximate surface area is 115 Å². The molecule has 1 aromatic heterocycles. The van der Waals surface area contributed by atoms with Gasteiger partial charge in [0.1, 0.15) is 0 Å². The number of carbonyl (C=O) groups excluding carboxylic acids is 1. The van der Waals surface area contributed by atoms with E-state index in [1.807, 2.05) is 30.3 Å². The second-order valence-electron chi connectivity index (χ2n) is 4.05. The van der Waals surface area contributed by atoms with Gasteiger partial charge in [0.2, 0.25) is 0 Å². The van der Waals surface area contributed by atoms with Crippen molar-refractivity contribution in [1.29, 1.82) is 0 Å². The third kappa shape index (κ3) is 3.38. The zero-order valence-electron chi connectivity index (χ0n) is 10.6. The Morgan fingerprint density at radius 3 is 2.35 bits per heavy atom. The molecule has 0 saturated heterocycles. The largest absolute Gasteiger partial charge is 0.476 e. The van der Waals surface area contributed by atoms with Crippen LogP contribution < -0.4 is 5.32 Å². The van der Waals surface area contributed by atoms with Gasteiger partial charge in [0.25, 0.3) is 5.91 Å². The van der Waals surface area contributed by atoms with Crippen molar-refractivity contribution in [3.8, 4) is 0 Å². The summed E-state index contributed by atoms with van der Waals surface area (Å²) < 4.78 is 0. The number of nitrogens with one attached hydrogen (secondary N) is 1. The Kier molecular flexibility index (Phi) is 4.39. The topological polar surface area (TPSA) is 92.2 Å². The van der Waals surface area contributed by atoms with E-state index in [1.165, 1.54) is 12.4 Å². The molecule has 1 amide bonds. The van der Waals surface area contributed by atoms with Crippen molar-refractivity contribution in [3.63, 3.8) is 0 Å². The quantitative estimate of drug-likeness (QED) is 0.851. The van der Waals surface area contributed by atoms with Crippen LogP contribution in [0.5, 0.6) is 0 Å². The summed E-state index contributed by atoms with van der Waals surface area (Å²) in [6.07, 6.45) is 3.19. The lowest BCUT2D eigenvalue weighted by Crippen LogP contribution is -2.28. The van der Waals surface area contributed by atoms with Crippen LogP contribution in [0.4, 0.5) is 0 Å². The molecule has 20 heavy (non-hydrogen) atoms. The fraction of sp³-hybridized carbons (Fsp3) is 0.143. The van der Waals surface area contributed by atoms with E-state index in [1.54, 1.807) is 0 Å². The van der Waals surface area contributed by atoms with E-state index in [-0.39, 0.29) is 11.4 Å². The Hall–Kier alpha value is -2.76. The molecule has 0 spiro atoms. The highest BCUT2D eigenvalue weighted by molar-refractivity contribution is 6.01. The van der Waals surface area contributed by atoms with E-state index in [4.69, 9.17) is 5.11 Å². The normalized spacial score (nSPS) is 10.0. The highest BCUT2D eigenvalue weighted by Gasteiger charge is 2.18. The SMILES string of the molecule is O=C(O)c1nccnc1C(=O)NCCc1ccccc1. The fourth-order valence-electron chi connectivity index (χ4n) is 1.71. The molecule has 2 rings (SSSR count). The first kappa shape index (κ1) is 13.7. The van der Waals surface area contributed by atoms with Gasteiger partial charge in [0, 0.05) is 18.9 Å². The van der Waals surface area contributed by atoms with E-state index < -0.39 is 11.9 Å². The Morgan fingerprint density at radius 2 is 1.70 bits per heavy atom. The Bertz CT molecular complexity index is 614. The minimum atomic E-state index is -1.27. The first-order valence-corrected chi connectivity index (χ1v) is 6.05. The summed E-state index contributed by atoms with van der Waals surface area (Å²) in [5, 5.41) is 11.6. The third-order valence-corrected chi connectivity index (χ3v) is 2.66. The van der Waals surface area contributed by atoms with Crippen molar-refractivity contribution in [2.75, 3.05) is 6.54 Å². The summed E-state index contributed by atoms with van der Waals surface area (Å²) in [5.74, 6) is -1.81. The van der Waals surface area contributed by atoms with Gasteiger partial charge < -0.3 is 10.4 Å². The summed E-state index contributed by atoms with van der Waals surface area (Å²) >= 11 is 0. The van der Waals surface area contributed by atoms with Crippen molar-refractivity contribution in [1.82, 2.24) is 15.3 Å². The van der Waals surface area contributed by atoms with Crippen LogP contribution in [0.3, 0.4) is 0 Å². The second kappa shape index (κ2) is 6.42. The molecule has 0 bridgehead atoms. The first-order valence-electron chi connectivity index (χ1n) is 6.05. The average molecular weight is 271 g/mol. The predicted molar refractivity (Wildman–Crippen MR) is 71.5 cm³/mol. The van der Waals surface area contributed by atoms with Gasteiger partial charge in [-0.2, -0.15) is 0 Å². The minimum Gasteiger partial charge on any atom is -0.476 e. The zero-order valence-corrected chi connectivity index (χ0v) is 10.6. The Balaban J connectivity index is 1.97. The maximum absolute atomic E-state index is 11.9. The number of aromatic carboxylic acids is 1. The summed E-state index contributed by atoms with van der Waals surface area (Å²) in [6.45, 7) is 0.401. The monoisotopic (exact) mass is 271 g/mol. The molecule has 2 aromatic rings. The lowest BCUT2D eigenvalue weighted by Gasteiger charge is -2.06. The Morgan fingerprint density at radius 1 is 1.05 bits per heavy atom. The van der Waals surface area contributed by atoms with Crippen LogP contribution in [0.1, 0.15) is 26.5 Å². The van der Waals surface area contributed by atoms with E-state index in [9.17, 15) is 9.59 Å². The molecule has 0 aliphatic heterocycles. The van der Waals surface area contributed by atoms with Crippen LogP contribution >= 0.6 is 0 Å². The number of carbonyl (C=O) groups is 2. The van der Waals surface area contributed by atoms with Crippen LogP contribution in [0, 0.1) is 0 Å². The van der Waals surface area contributed by atoms with E-state index in [0.29, 0.717) is 13.0 Å². The number of amides is 1. The molecule has 1 heterocycles. The molecule has 0 saturated carbocycles. The summed E-state index contributed by atoms with van der Waals surface area (Å²) in [4.78, 5) is 30.2. The second-order valence-corrected chi connectivity index (χ2v) is 4.05. The molecule has 0 radical (unpaired) electrons. The standard InChI is InChI=1S/C14H13N3O3/c18-13(11-12(14(19)20)16-9-8-15-11)17-7-6-10-4-2-1-3-5-10/h1-5,8-9H,6-7H2,(H,17,18)(H,19,20). The maximum atomic E-state index is 11.9. The number of rotatable bonds is 5. The molecule has 0 unspecified atom stereocenters. The summed E-state index contributed by atoms with van der Waals surface area (Å²) in [5.41, 5.74) is 0.572.